The van der Waals surface area contributed by atoms with E-state index in [4.69, 9.17) is 4.42 Å². The molecular weight excluding hydrogens is 437 g/mol. The van der Waals surface area contributed by atoms with Crippen LogP contribution in [-0.2, 0) is 16.6 Å². The molecule has 10 heteroatoms. The van der Waals surface area contributed by atoms with Crippen LogP contribution < -0.4 is 15.1 Å². The Hall–Kier alpha value is -3.92. The molecule has 4 aromatic rings. The van der Waals surface area contributed by atoms with Crippen molar-refractivity contribution >= 4 is 32.5 Å². The van der Waals surface area contributed by atoms with E-state index < -0.39 is 27.2 Å². The smallest absolute Gasteiger partial charge is 0.264 e. The van der Waals surface area contributed by atoms with Crippen LogP contribution in [0, 0.1) is 5.82 Å². The predicted molar refractivity (Wildman–Crippen MR) is 116 cm³/mol. The monoisotopic (exact) mass is 455 g/mol. The zero-order valence-electron chi connectivity index (χ0n) is 16.8. The van der Waals surface area contributed by atoms with Gasteiger partial charge in [-0.2, -0.15) is 0 Å². The minimum atomic E-state index is -4.04. The maximum Gasteiger partial charge on any atom is 0.264 e. The molecular formula is C22H18FN3O5S. The molecule has 0 spiro atoms. The van der Waals surface area contributed by atoms with Crippen molar-refractivity contribution in [3.63, 3.8) is 0 Å². The van der Waals surface area contributed by atoms with E-state index >= 15 is 0 Å². The van der Waals surface area contributed by atoms with Gasteiger partial charge < -0.3 is 14.7 Å². The zero-order chi connectivity index (χ0) is 22.9. The van der Waals surface area contributed by atoms with Gasteiger partial charge in [-0.1, -0.05) is 0 Å². The number of carbonyl (C=O) groups is 1. The van der Waals surface area contributed by atoms with E-state index in [0.29, 0.717) is 11.3 Å². The van der Waals surface area contributed by atoms with Crippen molar-refractivity contribution < 1.29 is 22.0 Å². The van der Waals surface area contributed by atoms with Gasteiger partial charge in [-0.05, 0) is 54.6 Å². The van der Waals surface area contributed by atoms with Crippen LogP contribution in [0.3, 0.4) is 0 Å². The van der Waals surface area contributed by atoms with E-state index in [1.54, 1.807) is 12.1 Å². The number of sulfonamides is 1. The summed E-state index contributed by atoms with van der Waals surface area (Å²) < 4.78 is 45.4. The van der Waals surface area contributed by atoms with Gasteiger partial charge in [0.25, 0.3) is 15.9 Å². The number of fused-ring (bicyclic) bond motifs is 1. The van der Waals surface area contributed by atoms with Crippen LogP contribution in [0.25, 0.3) is 10.9 Å². The maximum atomic E-state index is 13.2. The number of pyridine rings is 1. The Morgan fingerprint density at radius 2 is 1.91 bits per heavy atom. The normalized spacial score (nSPS) is 11.4. The van der Waals surface area contributed by atoms with Crippen molar-refractivity contribution in [1.29, 1.82) is 0 Å². The van der Waals surface area contributed by atoms with Crippen molar-refractivity contribution in [1.82, 2.24) is 10.3 Å². The van der Waals surface area contributed by atoms with Crippen LogP contribution in [0.2, 0.25) is 0 Å². The van der Waals surface area contributed by atoms with E-state index in [9.17, 15) is 22.4 Å². The molecule has 0 aliphatic rings. The Labute approximate surface area is 182 Å². The number of benzene rings is 2. The van der Waals surface area contributed by atoms with Gasteiger partial charge in [0.15, 0.2) is 0 Å². The second kappa shape index (κ2) is 8.31. The second-order valence-electron chi connectivity index (χ2n) is 6.95. The number of furan rings is 1. The minimum absolute atomic E-state index is 0.0456. The molecule has 0 atom stereocenters. The first kappa shape index (κ1) is 21.3. The zero-order valence-corrected chi connectivity index (χ0v) is 17.6. The first-order valence-corrected chi connectivity index (χ1v) is 10.9. The third kappa shape index (κ3) is 4.00. The fourth-order valence-corrected chi connectivity index (χ4v) is 4.37. The summed E-state index contributed by atoms with van der Waals surface area (Å²) in [5, 5.41) is 2.63. The molecule has 0 aliphatic carbocycles. The lowest BCUT2D eigenvalue weighted by atomic mass is 10.1. The molecule has 2 N–H and O–H groups in total. The number of nitrogens with one attached hydrogen (secondary N) is 2. The number of aromatic amines is 1. The number of hydrogen-bond acceptors (Lipinski definition) is 5. The quantitative estimate of drug-likeness (QED) is 0.464. The molecule has 164 valence electrons. The number of hydrogen-bond donors (Lipinski definition) is 2. The van der Waals surface area contributed by atoms with Crippen LogP contribution in [0.4, 0.5) is 10.1 Å². The Bertz CT molecular complexity index is 1450. The molecule has 0 saturated carbocycles. The topological polar surface area (TPSA) is 112 Å². The summed E-state index contributed by atoms with van der Waals surface area (Å²) in [5.41, 5.74) is -0.143. The Morgan fingerprint density at radius 3 is 2.59 bits per heavy atom. The van der Waals surface area contributed by atoms with Gasteiger partial charge in [-0.25, -0.2) is 12.8 Å². The third-order valence-electron chi connectivity index (χ3n) is 4.95. The Kier molecular flexibility index (Phi) is 5.54. The highest BCUT2D eigenvalue weighted by Gasteiger charge is 2.23. The van der Waals surface area contributed by atoms with Gasteiger partial charge in [0, 0.05) is 24.1 Å². The lowest BCUT2D eigenvalue weighted by molar-refractivity contribution is 0.0947. The van der Waals surface area contributed by atoms with Crippen molar-refractivity contribution in [2.24, 2.45) is 0 Å². The third-order valence-corrected chi connectivity index (χ3v) is 6.73. The lowest BCUT2D eigenvalue weighted by Gasteiger charge is -2.19. The molecule has 0 radical (unpaired) electrons. The van der Waals surface area contributed by atoms with Crippen molar-refractivity contribution in [2.45, 2.75) is 11.4 Å². The molecule has 8 nitrogen and oxygen atoms in total. The van der Waals surface area contributed by atoms with E-state index in [-0.39, 0.29) is 28.1 Å². The van der Waals surface area contributed by atoms with Gasteiger partial charge in [0.1, 0.15) is 17.1 Å². The number of nitrogens with zero attached hydrogens (tertiary/aromatic N) is 1. The highest BCUT2D eigenvalue weighted by atomic mass is 32.2. The van der Waals surface area contributed by atoms with Gasteiger partial charge in [0.2, 0.25) is 5.43 Å². The predicted octanol–water partition coefficient (Wildman–Crippen LogP) is 3.02. The first-order valence-electron chi connectivity index (χ1n) is 9.48. The number of amides is 1. The minimum Gasteiger partial charge on any atom is -0.467 e. The summed E-state index contributed by atoms with van der Waals surface area (Å²) in [7, 11) is -2.71. The largest absolute Gasteiger partial charge is 0.467 e. The summed E-state index contributed by atoms with van der Waals surface area (Å²) in [6, 6.07) is 12.4. The van der Waals surface area contributed by atoms with Gasteiger partial charge in [0.05, 0.1) is 23.4 Å². The molecule has 0 aliphatic heterocycles. The molecule has 2 heterocycles. The Morgan fingerprint density at radius 1 is 1.16 bits per heavy atom. The number of anilines is 1. The van der Waals surface area contributed by atoms with Crippen molar-refractivity contribution in [3.05, 3.63) is 94.4 Å². The molecule has 32 heavy (non-hydrogen) atoms. The number of H-pyrrole nitrogens is 1. The average Bonchev–Trinajstić information content (AvgIpc) is 3.31. The van der Waals surface area contributed by atoms with E-state index in [1.165, 1.54) is 49.8 Å². The highest BCUT2D eigenvalue weighted by Crippen LogP contribution is 2.24. The van der Waals surface area contributed by atoms with Crippen LogP contribution in [0.15, 0.2) is 81.2 Å². The number of rotatable bonds is 6. The molecule has 0 fully saturated rings. The van der Waals surface area contributed by atoms with Crippen molar-refractivity contribution in [3.8, 4) is 0 Å². The standard InChI is InChI=1S/C22H18FN3O5S/c1-26(15-6-4-14(23)5-7-15)32(29,30)17-8-9-20-18(11-17)21(27)19(13-24-20)22(28)25-12-16-3-2-10-31-16/h2-11,13H,12H2,1H3,(H,24,27)(H,25,28). The highest BCUT2D eigenvalue weighted by molar-refractivity contribution is 7.92. The molecule has 0 bridgehead atoms. The number of carbonyl (C=O) groups excluding carboxylic acids is 1. The van der Waals surface area contributed by atoms with E-state index in [0.717, 1.165) is 16.4 Å². The fraction of sp³-hybridized carbons (Fsp3) is 0.0909. The van der Waals surface area contributed by atoms with Crippen LogP contribution >= 0.6 is 0 Å². The maximum absolute atomic E-state index is 13.2. The van der Waals surface area contributed by atoms with Crippen LogP contribution in [0.1, 0.15) is 16.1 Å². The summed E-state index contributed by atoms with van der Waals surface area (Å²) in [6.45, 7) is 0.0974. The number of halogens is 1. The molecule has 4 rings (SSSR count). The van der Waals surface area contributed by atoms with E-state index in [2.05, 4.69) is 10.3 Å². The molecule has 2 aromatic heterocycles. The average molecular weight is 455 g/mol. The van der Waals surface area contributed by atoms with Crippen LogP contribution in [0.5, 0.6) is 0 Å². The summed E-state index contributed by atoms with van der Waals surface area (Å²) in [6.07, 6.45) is 2.75. The summed E-state index contributed by atoms with van der Waals surface area (Å²) in [5.74, 6) is -0.594. The second-order valence-corrected chi connectivity index (χ2v) is 8.92. The summed E-state index contributed by atoms with van der Waals surface area (Å²) in [4.78, 5) is 28.1. The summed E-state index contributed by atoms with van der Waals surface area (Å²) >= 11 is 0. The SMILES string of the molecule is CN(c1ccc(F)cc1)S(=O)(=O)c1ccc2[nH]cc(C(=O)NCc3ccco3)c(=O)c2c1. The van der Waals surface area contributed by atoms with Gasteiger partial charge in [-0.3, -0.25) is 13.9 Å². The number of aromatic nitrogens is 1. The van der Waals surface area contributed by atoms with Crippen LogP contribution in [-0.4, -0.2) is 26.4 Å². The molecule has 0 unspecified atom stereocenters. The molecule has 2 aromatic carbocycles. The lowest BCUT2D eigenvalue weighted by Crippen LogP contribution is -2.29. The Balaban J connectivity index is 1.68. The van der Waals surface area contributed by atoms with Gasteiger partial charge in [-0.15, -0.1) is 0 Å². The molecule has 1 amide bonds. The van der Waals surface area contributed by atoms with Crippen molar-refractivity contribution in [2.75, 3.05) is 11.4 Å². The first-order chi connectivity index (χ1) is 15.3. The fourth-order valence-electron chi connectivity index (χ4n) is 3.15. The van der Waals surface area contributed by atoms with E-state index in [1.807, 2.05) is 0 Å². The molecule has 0 saturated heterocycles. The van der Waals surface area contributed by atoms with Gasteiger partial charge >= 0.3 is 0 Å².